The zero-order chi connectivity index (χ0) is 29.8. The van der Waals surface area contributed by atoms with Gasteiger partial charge in [0.15, 0.2) is 12.4 Å². The second-order valence-electron chi connectivity index (χ2n) is 10.8. The summed E-state index contributed by atoms with van der Waals surface area (Å²) < 4.78 is 59.4. The van der Waals surface area contributed by atoms with E-state index in [4.69, 9.17) is 45.1 Å². The highest BCUT2D eigenvalue weighted by molar-refractivity contribution is 7.48. The summed E-state index contributed by atoms with van der Waals surface area (Å²) in [7, 11) is -4.71. The van der Waals surface area contributed by atoms with E-state index in [9.17, 15) is 24.4 Å². The number of aliphatic imine (C=N–C) groups is 1. The van der Waals surface area contributed by atoms with Crippen LogP contribution in [0.15, 0.2) is 17.3 Å². The lowest BCUT2D eigenvalue weighted by Crippen LogP contribution is -2.48. The maximum atomic E-state index is 15.1. The van der Waals surface area contributed by atoms with Gasteiger partial charge in [-0.25, -0.2) is 23.0 Å². The lowest BCUT2D eigenvalue weighted by molar-refractivity contribution is -0.167. The van der Waals surface area contributed by atoms with Crippen LogP contribution in [0.3, 0.4) is 0 Å². The fourth-order valence-electron chi connectivity index (χ4n) is 3.04. The normalized spacial score (nSPS) is 27.8. The molecule has 0 radical (unpaired) electrons. The van der Waals surface area contributed by atoms with E-state index >= 15 is 4.39 Å². The SMILES string of the molecule is CC(C)(C)C(=O)OCOP(=O)(OCOC(=O)C(C)(C)C)OC[C@@]1(CCl)O[C@@H](N2C=CC(N)=NC2O)[C@H](F)[C@@H]1O. The van der Waals surface area contributed by atoms with Crippen molar-refractivity contribution >= 4 is 37.2 Å². The van der Waals surface area contributed by atoms with Gasteiger partial charge in [0, 0.05) is 6.20 Å². The van der Waals surface area contributed by atoms with Crippen LogP contribution in [0.5, 0.6) is 0 Å². The van der Waals surface area contributed by atoms with Crippen LogP contribution < -0.4 is 5.73 Å². The van der Waals surface area contributed by atoms with Gasteiger partial charge in [-0.05, 0) is 47.6 Å². The number of hydrogen-bond acceptors (Lipinski definition) is 14. The number of aliphatic hydroxyl groups is 2. The van der Waals surface area contributed by atoms with Crippen molar-refractivity contribution in [3.63, 3.8) is 0 Å². The molecule has 2 aliphatic rings. The molecule has 5 atom stereocenters. The number of phosphoric ester groups is 1. The number of amidine groups is 1. The van der Waals surface area contributed by atoms with E-state index in [1.165, 1.54) is 12.3 Å². The number of carbonyl (C=O) groups is 2. The van der Waals surface area contributed by atoms with Crippen LogP contribution in [0.4, 0.5) is 4.39 Å². The van der Waals surface area contributed by atoms with Crippen LogP contribution in [0, 0.1) is 10.8 Å². The number of alkyl halides is 2. The van der Waals surface area contributed by atoms with E-state index < -0.39 is 87.1 Å². The van der Waals surface area contributed by atoms with Crippen molar-refractivity contribution in [2.75, 3.05) is 26.1 Å². The lowest BCUT2D eigenvalue weighted by Gasteiger charge is -2.34. The third-order valence-corrected chi connectivity index (χ3v) is 7.17. The van der Waals surface area contributed by atoms with Crippen LogP contribution in [0.25, 0.3) is 0 Å². The van der Waals surface area contributed by atoms with Gasteiger partial charge in [0.2, 0.25) is 19.9 Å². The van der Waals surface area contributed by atoms with Crippen molar-refractivity contribution in [2.24, 2.45) is 21.6 Å². The molecule has 0 aliphatic carbocycles. The summed E-state index contributed by atoms with van der Waals surface area (Å²) in [6.07, 6.45) is -4.79. The molecule has 1 saturated heterocycles. The molecule has 4 N–H and O–H groups in total. The molecule has 0 aromatic rings. The summed E-state index contributed by atoms with van der Waals surface area (Å²) in [5, 5.41) is 20.8. The first-order chi connectivity index (χ1) is 17.8. The zero-order valence-corrected chi connectivity index (χ0v) is 24.2. The lowest BCUT2D eigenvalue weighted by atomic mass is 9.98. The molecule has 224 valence electrons. The van der Waals surface area contributed by atoms with Gasteiger partial charge in [-0.3, -0.25) is 14.1 Å². The number of esters is 2. The molecule has 39 heavy (non-hydrogen) atoms. The Morgan fingerprint density at radius 2 is 1.64 bits per heavy atom. The Hall–Kier alpha value is -1.84. The molecule has 0 amide bonds. The van der Waals surface area contributed by atoms with Crippen LogP contribution in [0.2, 0.25) is 0 Å². The minimum absolute atomic E-state index is 0.0193. The number of aliphatic hydroxyl groups excluding tert-OH is 2. The van der Waals surface area contributed by atoms with Crippen LogP contribution in [0.1, 0.15) is 41.5 Å². The smallest absolute Gasteiger partial charge is 0.437 e. The first-order valence-electron chi connectivity index (χ1n) is 11.8. The van der Waals surface area contributed by atoms with E-state index in [1.54, 1.807) is 41.5 Å². The molecule has 0 saturated carbocycles. The van der Waals surface area contributed by atoms with Crippen molar-refractivity contribution in [2.45, 2.75) is 72.0 Å². The Bertz CT molecular complexity index is 967. The number of phosphoric acid groups is 1. The van der Waals surface area contributed by atoms with Crippen LogP contribution in [-0.4, -0.2) is 89.4 Å². The number of rotatable bonds is 11. The molecule has 2 rings (SSSR count). The van der Waals surface area contributed by atoms with Gasteiger partial charge >= 0.3 is 19.8 Å². The Morgan fingerprint density at radius 1 is 1.13 bits per heavy atom. The zero-order valence-electron chi connectivity index (χ0n) is 22.5. The molecule has 17 heteroatoms. The Morgan fingerprint density at radius 3 is 2.08 bits per heavy atom. The van der Waals surface area contributed by atoms with Crippen molar-refractivity contribution in [1.29, 1.82) is 0 Å². The molecular formula is C22H36ClFN3O11P. The first-order valence-corrected chi connectivity index (χ1v) is 13.8. The predicted molar refractivity (Wildman–Crippen MR) is 134 cm³/mol. The van der Waals surface area contributed by atoms with Gasteiger partial charge in [-0.1, -0.05) is 0 Å². The maximum Gasteiger partial charge on any atom is 0.480 e. The summed E-state index contributed by atoms with van der Waals surface area (Å²) in [6, 6.07) is 0. The maximum absolute atomic E-state index is 15.1. The highest BCUT2D eigenvalue weighted by Gasteiger charge is 2.58. The minimum Gasteiger partial charge on any atom is -0.437 e. The van der Waals surface area contributed by atoms with E-state index in [0.29, 0.717) is 0 Å². The first kappa shape index (κ1) is 33.4. The summed E-state index contributed by atoms with van der Waals surface area (Å²) in [6.45, 7) is 6.86. The van der Waals surface area contributed by atoms with Gasteiger partial charge in [0.05, 0.1) is 23.3 Å². The third kappa shape index (κ3) is 8.57. The number of halogens is 2. The number of nitrogens with zero attached hydrogens (tertiary/aromatic N) is 2. The van der Waals surface area contributed by atoms with Gasteiger partial charge in [0.25, 0.3) is 0 Å². The number of carbonyl (C=O) groups excluding carboxylic acids is 2. The van der Waals surface area contributed by atoms with E-state index in [1.807, 2.05) is 0 Å². The summed E-state index contributed by atoms with van der Waals surface area (Å²) in [5.74, 6) is -1.98. The van der Waals surface area contributed by atoms with E-state index in [2.05, 4.69) is 4.99 Å². The average molecular weight is 604 g/mol. The second-order valence-corrected chi connectivity index (χ2v) is 12.8. The summed E-state index contributed by atoms with van der Waals surface area (Å²) in [5.41, 5.74) is 1.69. The van der Waals surface area contributed by atoms with Gasteiger partial charge in [-0.15, -0.1) is 11.6 Å². The number of hydrogen-bond donors (Lipinski definition) is 3. The van der Waals surface area contributed by atoms with Gasteiger partial charge in [-0.2, -0.15) is 0 Å². The molecule has 0 spiro atoms. The highest BCUT2D eigenvalue weighted by Crippen LogP contribution is 2.51. The topological polar surface area (TPSA) is 189 Å². The Balaban J connectivity index is 2.17. The van der Waals surface area contributed by atoms with Gasteiger partial charge in [0.1, 0.15) is 17.5 Å². The Kier molecular flexibility index (Phi) is 10.9. The molecule has 0 bridgehead atoms. The number of ether oxygens (including phenoxy) is 3. The highest BCUT2D eigenvalue weighted by atomic mass is 35.5. The third-order valence-electron chi connectivity index (χ3n) is 5.43. The fraction of sp³-hybridized carbons (Fsp3) is 0.773. The van der Waals surface area contributed by atoms with Crippen molar-refractivity contribution in [1.82, 2.24) is 4.90 Å². The summed E-state index contributed by atoms with van der Waals surface area (Å²) in [4.78, 5) is 28.7. The predicted octanol–water partition coefficient (Wildman–Crippen LogP) is 1.73. The molecular weight excluding hydrogens is 568 g/mol. The van der Waals surface area contributed by atoms with Gasteiger partial charge < -0.3 is 35.1 Å². The van der Waals surface area contributed by atoms with Crippen molar-refractivity contribution in [3.05, 3.63) is 12.3 Å². The molecule has 14 nitrogen and oxygen atoms in total. The Labute approximate surface area is 230 Å². The largest absolute Gasteiger partial charge is 0.480 e. The minimum atomic E-state index is -4.71. The second kappa shape index (κ2) is 12.8. The molecule has 2 heterocycles. The number of nitrogens with two attached hydrogens (primary N) is 1. The monoisotopic (exact) mass is 603 g/mol. The standard InChI is InChI=1S/C22H36ClFN3O11P/c1-20(2,3)17(29)33-11-36-39(32,37-12-34-18(30)21(4,5)6)35-10-22(9-23)15(28)14(24)16(38-22)27-8-7-13(25)26-19(27)31/h7-8,14-16,19,28,31H,9-12H2,1-6H3,(H2,25,26)/t14-,15+,16-,19?,22-/m1/s1. The van der Waals surface area contributed by atoms with E-state index in [-0.39, 0.29) is 5.84 Å². The average Bonchev–Trinajstić information content (AvgIpc) is 3.07. The van der Waals surface area contributed by atoms with E-state index in [0.717, 1.165) is 4.90 Å². The molecule has 1 fully saturated rings. The van der Waals surface area contributed by atoms with Crippen LogP contribution in [-0.2, 0) is 41.9 Å². The summed E-state index contributed by atoms with van der Waals surface area (Å²) >= 11 is 6.02. The molecule has 1 unspecified atom stereocenters. The molecule has 0 aromatic heterocycles. The quantitative estimate of drug-likeness (QED) is 0.134. The fourth-order valence-corrected chi connectivity index (χ4v) is 4.30. The molecule has 2 aliphatic heterocycles. The van der Waals surface area contributed by atoms with Crippen molar-refractivity contribution in [3.8, 4) is 0 Å². The van der Waals surface area contributed by atoms with Crippen LogP contribution >= 0.6 is 19.4 Å². The van der Waals surface area contributed by atoms with Crippen molar-refractivity contribution < 1.29 is 56.5 Å². The molecule has 0 aromatic carbocycles.